The summed E-state index contributed by atoms with van der Waals surface area (Å²) in [6.45, 7) is 3.17. The van der Waals surface area contributed by atoms with E-state index in [-0.39, 0.29) is 5.91 Å². The predicted octanol–water partition coefficient (Wildman–Crippen LogP) is 1.85. The second kappa shape index (κ2) is 7.23. The number of amides is 1. The van der Waals surface area contributed by atoms with E-state index >= 15 is 0 Å². The molecule has 0 atom stereocenters. The summed E-state index contributed by atoms with van der Waals surface area (Å²) in [5.41, 5.74) is 1.48. The lowest BCUT2D eigenvalue weighted by Gasteiger charge is -2.06. The molecule has 0 radical (unpaired) electrons. The molecule has 0 aliphatic rings. The van der Waals surface area contributed by atoms with Gasteiger partial charge in [-0.05, 0) is 31.0 Å². The Kier molecular flexibility index (Phi) is 5.06. The number of nitrogens with one attached hydrogen (secondary N) is 1. The molecule has 0 fully saturated rings. The van der Waals surface area contributed by atoms with Crippen molar-refractivity contribution in [3.8, 4) is 5.75 Å². The quantitative estimate of drug-likeness (QED) is 0.870. The summed E-state index contributed by atoms with van der Waals surface area (Å²) in [4.78, 5) is 19.5. The largest absolute Gasteiger partial charge is 0.494 e. The van der Waals surface area contributed by atoms with E-state index in [1.54, 1.807) is 0 Å². The fourth-order valence-electron chi connectivity index (χ4n) is 1.75. The molecule has 0 spiro atoms. The van der Waals surface area contributed by atoms with Crippen LogP contribution in [0.5, 0.6) is 5.75 Å². The number of rotatable bonds is 6. The minimum atomic E-state index is -0.205. The molecular formula is C15H17N3O2. The van der Waals surface area contributed by atoms with Gasteiger partial charge in [0.1, 0.15) is 11.4 Å². The van der Waals surface area contributed by atoms with Crippen LogP contribution in [-0.4, -0.2) is 29.0 Å². The highest BCUT2D eigenvalue weighted by molar-refractivity contribution is 5.91. The van der Waals surface area contributed by atoms with E-state index in [2.05, 4.69) is 15.3 Å². The van der Waals surface area contributed by atoms with Gasteiger partial charge in [0.2, 0.25) is 0 Å². The Morgan fingerprint density at radius 2 is 2.05 bits per heavy atom. The third-order valence-corrected chi connectivity index (χ3v) is 2.73. The van der Waals surface area contributed by atoms with E-state index in [0.717, 1.165) is 17.7 Å². The minimum Gasteiger partial charge on any atom is -0.494 e. The van der Waals surface area contributed by atoms with E-state index in [0.29, 0.717) is 18.8 Å². The molecule has 0 bridgehead atoms. The summed E-state index contributed by atoms with van der Waals surface area (Å²) in [6.07, 6.45) is 5.25. The first-order valence-corrected chi connectivity index (χ1v) is 6.55. The number of hydrogen-bond acceptors (Lipinski definition) is 4. The van der Waals surface area contributed by atoms with E-state index < -0.39 is 0 Å². The van der Waals surface area contributed by atoms with Crippen LogP contribution in [-0.2, 0) is 6.42 Å². The lowest BCUT2D eigenvalue weighted by molar-refractivity contribution is 0.0948. The summed E-state index contributed by atoms with van der Waals surface area (Å²) in [5.74, 6) is 0.656. The van der Waals surface area contributed by atoms with Crippen molar-refractivity contribution < 1.29 is 9.53 Å². The van der Waals surface area contributed by atoms with Crippen LogP contribution in [0.1, 0.15) is 23.0 Å². The molecule has 2 aromatic rings. The predicted molar refractivity (Wildman–Crippen MR) is 75.7 cm³/mol. The van der Waals surface area contributed by atoms with Crippen LogP contribution in [0.3, 0.4) is 0 Å². The van der Waals surface area contributed by atoms with Crippen LogP contribution in [0, 0.1) is 0 Å². The first-order chi connectivity index (χ1) is 9.79. The van der Waals surface area contributed by atoms with Crippen LogP contribution in [0.4, 0.5) is 0 Å². The molecular weight excluding hydrogens is 254 g/mol. The van der Waals surface area contributed by atoms with Gasteiger partial charge in [-0.25, -0.2) is 4.98 Å². The van der Waals surface area contributed by atoms with Gasteiger partial charge < -0.3 is 10.1 Å². The molecule has 0 aliphatic carbocycles. The van der Waals surface area contributed by atoms with Crippen molar-refractivity contribution in [1.29, 1.82) is 0 Å². The second-order valence-electron chi connectivity index (χ2n) is 4.17. The SMILES string of the molecule is CCOc1ccc(CCNC(=O)c2cnccn2)cc1. The van der Waals surface area contributed by atoms with Gasteiger partial charge in [-0.15, -0.1) is 0 Å². The number of ether oxygens (including phenoxy) is 1. The van der Waals surface area contributed by atoms with Crippen LogP contribution in [0.2, 0.25) is 0 Å². The molecule has 1 N–H and O–H groups in total. The first-order valence-electron chi connectivity index (χ1n) is 6.55. The van der Waals surface area contributed by atoms with Crippen LogP contribution in [0.15, 0.2) is 42.9 Å². The summed E-state index contributed by atoms with van der Waals surface area (Å²) in [5, 5.41) is 2.81. The maximum atomic E-state index is 11.7. The van der Waals surface area contributed by atoms with Gasteiger partial charge >= 0.3 is 0 Å². The number of carbonyl (C=O) groups is 1. The van der Waals surface area contributed by atoms with Gasteiger partial charge in [-0.1, -0.05) is 12.1 Å². The highest BCUT2D eigenvalue weighted by Gasteiger charge is 2.05. The topological polar surface area (TPSA) is 64.1 Å². The molecule has 1 aromatic carbocycles. The van der Waals surface area contributed by atoms with E-state index in [9.17, 15) is 4.79 Å². The molecule has 5 nitrogen and oxygen atoms in total. The molecule has 0 saturated carbocycles. The number of carbonyl (C=O) groups excluding carboxylic acids is 1. The van der Waals surface area contributed by atoms with Gasteiger partial charge in [0, 0.05) is 18.9 Å². The van der Waals surface area contributed by atoms with Crippen molar-refractivity contribution >= 4 is 5.91 Å². The van der Waals surface area contributed by atoms with Gasteiger partial charge in [0.05, 0.1) is 12.8 Å². The van der Waals surface area contributed by atoms with E-state index in [4.69, 9.17) is 4.74 Å². The van der Waals surface area contributed by atoms with Crippen LogP contribution >= 0.6 is 0 Å². The van der Waals surface area contributed by atoms with Crippen molar-refractivity contribution in [2.45, 2.75) is 13.3 Å². The monoisotopic (exact) mass is 271 g/mol. The average molecular weight is 271 g/mol. The fourth-order valence-corrected chi connectivity index (χ4v) is 1.75. The second-order valence-corrected chi connectivity index (χ2v) is 4.17. The van der Waals surface area contributed by atoms with E-state index in [1.807, 2.05) is 31.2 Å². The van der Waals surface area contributed by atoms with Crippen molar-refractivity contribution in [3.63, 3.8) is 0 Å². The fraction of sp³-hybridized carbons (Fsp3) is 0.267. The zero-order valence-corrected chi connectivity index (χ0v) is 11.4. The summed E-state index contributed by atoms with van der Waals surface area (Å²) >= 11 is 0. The maximum absolute atomic E-state index is 11.7. The van der Waals surface area contributed by atoms with Crippen LogP contribution < -0.4 is 10.1 Å². The Morgan fingerprint density at radius 3 is 2.70 bits per heavy atom. The number of nitrogens with zero attached hydrogens (tertiary/aromatic N) is 2. The highest BCUT2D eigenvalue weighted by Crippen LogP contribution is 2.12. The highest BCUT2D eigenvalue weighted by atomic mass is 16.5. The summed E-state index contributed by atoms with van der Waals surface area (Å²) in [6, 6.07) is 7.87. The Balaban J connectivity index is 1.79. The minimum absolute atomic E-state index is 0.205. The number of aromatic nitrogens is 2. The summed E-state index contributed by atoms with van der Waals surface area (Å²) in [7, 11) is 0. The molecule has 2 rings (SSSR count). The van der Waals surface area contributed by atoms with Crippen molar-refractivity contribution in [2.75, 3.05) is 13.2 Å². The maximum Gasteiger partial charge on any atom is 0.271 e. The van der Waals surface area contributed by atoms with Gasteiger partial charge in [-0.2, -0.15) is 0 Å². The van der Waals surface area contributed by atoms with Gasteiger partial charge in [0.25, 0.3) is 5.91 Å². The standard InChI is InChI=1S/C15H17N3O2/c1-2-20-13-5-3-12(4-6-13)7-8-18-15(19)14-11-16-9-10-17-14/h3-6,9-11H,2,7-8H2,1H3,(H,18,19). The first kappa shape index (κ1) is 14.0. The van der Waals surface area contributed by atoms with E-state index in [1.165, 1.54) is 18.6 Å². The Labute approximate surface area is 118 Å². The van der Waals surface area contributed by atoms with Crippen molar-refractivity contribution in [3.05, 3.63) is 54.1 Å². The smallest absolute Gasteiger partial charge is 0.271 e. The van der Waals surface area contributed by atoms with Gasteiger partial charge in [-0.3, -0.25) is 9.78 Å². The van der Waals surface area contributed by atoms with Crippen LogP contribution in [0.25, 0.3) is 0 Å². The molecule has 0 saturated heterocycles. The molecule has 20 heavy (non-hydrogen) atoms. The molecule has 0 aliphatic heterocycles. The van der Waals surface area contributed by atoms with Crippen molar-refractivity contribution in [1.82, 2.24) is 15.3 Å². The molecule has 1 heterocycles. The number of hydrogen-bond donors (Lipinski definition) is 1. The average Bonchev–Trinajstić information content (AvgIpc) is 2.50. The third-order valence-electron chi connectivity index (χ3n) is 2.73. The van der Waals surface area contributed by atoms with Gasteiger partial charge in [0.15, 0.2) is 0 Å². The zero-order chi connectivity index (χ0) is 14.2. The third kappa shape index (κ3) is 4.05. The molecule has 104 valence electrons. The molecule has 5 heteroatoms. The Hall–Kier alpha value is -2.43. The molecule has 1 aromatic heterocycles. The Bertz CT molecular complexity index is 541. The lowest BCUT2D eigenvalue weighted by Crippen LogP contribution is -2.26. The Morgan fingerprint density at radius 1 is 1.25 bits per heavy atom. The van der Waals surface area contributed by atoms with Crippen molar-refractivity contribution in [2.24, 2.45) is 0 Å². The molecule has 0 unspecified atom stereocenters. The lowest BCUT2D eigenvalue weighted by atomic mass is 10.1. The normalized spacial score (nSPS) is 10.1. The number of benzene rings is 1. The zero-order valence-electron chi connectivity index (χ0n) is 11.4. The summed E-state index contributed by atoms with van der Waals surface area (Å²) < 4.78 is 5.38. The molecule has 1 amide bonds.